The van der Waals surface area contributed by atoms with Crippen LogP contribution in [0.1, 0.15) is 36.9 Å². The Kier molecular flexibility index (Phi) is 4.35. The lowest BCUT2D eigenvalue weighted by molar-refractivity contribution is 0.130. The van der Waals surface area contributed by atoms with Gasteiger partial charge in [0.25, 0.3) is 0 Å². The Morgan fingerprint density at radius 3 is 2.60 bits per heavy atom. The predicted octanol–water partition coefficient (Wildman–Crippen LogP) is 4.49. The van der Waals surface area contributed by atoms with Gasteiger partial charge in [-0.25, -0.2) is 4.79 Å². The van der Waals surface area contributed by atoms with E-state index in [2.05, 4.69) is 29.7 Å². The maximum atomic E-state index is 12.4. The van der Waals surface area contributed by atoms with Crippen molar-refractivity contribution in [3.63, 3.8) is 0 Å². The Morgan fingerprint density at radius 2 is 1.84 bits per heavy atom. The largest absolute Gasteiger partial charge is 0.445 e. The Hall–Kier alpha value is -2.49. The molecular formula is C21H24N2O2. The van der Waals surface area contributed by atoms with Crippen LogP contribution >= 0.6 is 0 Å². The van der Waals surface area contributed by atoms with Crippen LogP contribution in [0.15, 0.2) is 54.6 Å². The summed E-state index contributed by atoms with van der Waals surface area (Å²) in [6.07, 6.45) is 2.19. The van der Waals surface area contributed by atoms with Crippen LogP contribution in [0.5, 0.6) is 0 Å². The van der Waals surface area contributed by atoms with Crippen molar-refractivity contribution in [2.45, 2.75) is 38.5 Å². The van der Waals surface area contributed by atoms with Crippen LogP contribution in [0.4, 0.5) is 10.5 Å². The molecule has 2 aromatic rings. The zero-order valence-electron chi connectivity index (χ0n) is 14.4. The van der Waals surface area contributed by atoms with Crippen LogP contribution in [0.25, 0.3) is 0 Å². The van der Waals surface area contributed by atoms with Crippen molar-refractivity contribution in [3.8, 4) is 0 Å². The monoisotopic (exact) mass is 336 g/mol. The number of hydrogen-bond donors (Lipinski definition) is 2. The predicted molar refractivity (Wildman–Crippen MR) is 98.2 cm³/mol. The van der Waals surface area contributed by atoms with Crippen molar-refractivity contribution in [1.29, 1.82) is 0 Å². The molecule has 3 atom stereocenters. The summed E-state index contributed by atoms with van der Waals surface area (Å²) in [5.41, 5.74) is 3.27. The van der Waals surface area contributed by atoms with E-state index in [0.717, 1.165) is 16.8 Å². The van der Waals surface area contributed by atoms with Crippen molar-refractivity contribution in [1.82, 2.24) is 5.32 Å². The highest BCUT2D eigenvalue weighted by Crippen LogP contribution is 2.45. The molecule has 25 heavy (non-hydrogen) atoms. The maximum absolute atomic E-state index is 12.4. The highest BCUT2D eigenvalue weighted by atomic mass is 16.5. The first-order valence-electron chi connectivity index (χ1n) is 9.05. The van der Waals surface area contributed by atoms with Gasteiger partial charge in [-0.05, 0) is 36.0 Å². The van der Waals surface area contributed by atoms with Gasteiger partial charge in [-0.3, -0.25) is 0 Å². The van der Waals surface area contributed by atoms with Gasteiger partial charge in [0.05, 0.1) is 6.04 Å². The fraction of sp³-hybridized carbons (Fsp3) is 0.381. The first kappa shape index (κ1) is 16.0. The van der Waals surface area contributed by atoms with Gasteiger partial charge in [-0.1, -0.05) is 55.5 Å². The van der Waals surface area contributed by atoms with Crippen LogP contribution in [-0.4, -0.2) is 12.1 Å². The molecular weight excluding hydrogens is 312 g/mol. The minimum Gasteiger partial charge on any atom is -0.445 e. The van der Waals surface area contributed by atoms with E-state index in [4.69, 9.17) is 4.74 Å². The van der Waals surface area contributed by atoms with Gasteiger partial charge in [0, 0.05) is 17.6 Å². The lowest BCUT2D eigenvalue weighted by Gasteiger charge is -2.39. The average molecular weight is 336 g/mol. The van der Waals surface area contributed by atoms with E-state index in [9.17, 15) is 4.79 Å². The second-order valence-electron chi connectivity index (χ2n) is 7.14. The third-order valence-electron chi connectivity index (χ3n) is 5.33. The van der Waals surface area contributed by atoms with Gasteiger partial charge in [0.15, 0.2) is 0 Å². The standard InChI is InChI=1S/C21H24N2O2/c1-14-19(16-11-12-16)22-18-10-6-5-9-17(18)20(14)23-21(24)25-13-15-7-3-2-4-8-15/h2-10,14,16,19-20,22H,11-13H2,1H3,(H,23,24)/t14-,19?,20-/m1/s1. The number of carbonyl (C=O) groups excluding carboxylic acids is 1. The number of carbonyl (C=O) groups is 1. The van der Waals surface area contributed by atoms with Gasteiger partial charge >= 0.3 is 6.09 Å². The molecule has 130 valence electrons. The third kappa shape index (κ3) is 3.48. The molecule has 0 saturated heterocycles. The quantitative estimate of drug-likeness (QED) is 0.864. The number of fused-ring (bicyclic) bond motifs is 1. The summed E-state index contributed by atoms with van der Waals surface area (Å²) in [5.74, 6) is 1.04. The molecule has 0 aromatic heterocycles. The lowest BCUT2D eigenvalue weighted by atomic mass is 9.82. The van der Waals surface area contributed by atoms with E-state index in [1.165, 1.54) is 12.8 Å². The highest BCUT2D eigenvalue weighted by Gasteiger charge is 2.42. The average Bonchev–Trinajstić information content (AvgIpc) is 3.48. The van der Waals surface area contributed by atoms with Crippen molar-refractivity contribution in [2.75, 3.05) is 5.32 Å². The number of alkyl carbamates (subject to hydrolysis) is 1. The Bertz CT molecular complexity index is 743. The second-order valence-corrected chi connectivity index (χ2v) is 7.14. The number of ether oxygens (including phenoxy) is 1. The molecule has 1 fully saturated rings. The summed E-state index contributed by atoms with van der Waals surface area (Å²) in [6, 6.07) is 18.4. The van der Waals surface area contributed by atoms with Crippen molar-refractivity contribution in [2.24, 2.45) is 11.8 Å². The Balaban J connectivity index is 1.46. The zero-order valence-corrected chi connectivity index (χ0v) is 14.4. The molecule has 1 heterocycles. The highest BCUT2D eigenvalue weighted by molar-refractivity contribution is 5.69. The second kappa shape index (κ2) is 6.79. The first-order chi connectivity index (χ1) is 12.2. The molecule has 1 aliphatic heterocycles. The molecule has 2 aliphatic rings. The van der Waals surface area contributed by atoms with Crippen LogP contribution in [0, 0.1) is 11.8 Å². The van der Waals surface area contributed by atoms with E-state index < -0.39 is 0 Å². The zero-order chi connectivity index (χ0) is 17.2. The molecule has 0 radical (unpaired) electrons. The fourth-order valence-electron chi connectivity index (χ4n) is 3.80. The minimum absolute atomic E-state index is 0.0219. The summed E-state index contributed by atoms with van der Waals surface area (Å²) >= 11 is 0. The number of anilines is 1. The van der Waals surface area contributed by atoms with E-state index in [1.807, 2.05) is 42.5 Å². The molecule has 1 aliphatic carbocycles. The Morgan fingerprint density at radius 1 is 1.12 bits per heavy atom. The number of amides is 1. The van der Waals surface area contributed by atoms with Crippen molar-refractivity contribution >= 4 is 11.8 Å². The Labute approximate surface area is 148 Å². The third-order valence-corrected chi connectivity index (χ3v) is 5.33. The van der Waals surface area contributed by atoms with Gasteiger partial charge in [-0.2, -0.15) is 0 Å². The maximum Gasteiger partial charge on any atom is 0.407 e. The minimum atomic E-state index is -0.355. The van der Waals surface area contributed by atoms with E-state index in [1.54, 1.807) is 0 Å². The molecule has 1 amide bonds. The van der Waals surface area contributed by atoms with Gasteiger partial charge in [-0.15, -0.1) is 0 Å². The molecule has 2 N–H and O–H groups in total. The number of benzene rings is 2. The van der Waals surface area contributed by atoms with Gasteiger partial charge < -0.3 is 15.4 Å². The SMILES string of the molecule is C[C@@H]1C(C2CC2)Nc2ccccc2[C@@H]1NC(=O)OCc1ccccc1. The van der Waals surface area contributed by atoms with Gasteiger partial charge in [0.1, 0.15) is 6.61 Å². The van der Waals surface area contributed by atoms with Crippen LogP contribution in [-0.2, 0) is 11.3 Å². The summed E-state index contributed by atoms with van der Waals surface area (Å²) in [4.78, 5) is 12.4. The van der Waals surface area contributed by atoms with E-state index in [0.29, 0.717) is 24.5 Å². The summed E-state index contributed by atoms with van der Waals surface area (Å²) < 4.78 is 5.44. The molecule has 0 bridgehead atoms. The lowest BCUT2D eigenvalue weighted by Crippen LogP contribution is -2.45. The molecule has 2 aromatic carbocycles. The fourth-order valence-corrected chi connectivity index (χ4v) is 3.80. The number of para-hydroxylation sites is 1. The van der Waals surface area contributed by atoms with E-state index in [-0.39, 0.29) is 12.1 Å². The molecule has 1 unspecified atom stereocenters. The smallest absolute Gasteiger partial charge is 0.407 e. The number of rotatable bonds is 4. The summed E-state index contributed by atoms with van der Waals surface area (Å²) in [7, 11) is 0. The van der Waals surface area contributed by atoms with Crippen LogP contribution < -0.4 is 10.6 Å². The number of nitrogens with one attached hydrogen (secondary N) is 2. The normalized spacial score (nSPS) is 24.8. The van der Waals surface area contributed by atoms with Crippen molar-refractivity contribution in [3.05, 3.63) is 65.7 Å². The van der Waals surface area contributed by atoms with E-state index >= 15 is 0 Å². The van der Waals surface area contributed by atoms with Crippen LogP contribution in [0.2, 0.25) is 0 Å². The number of hydrogen-bond acceptors (Lipinski definition) is 3. The molecule has 1 saturated carbocycles. The molecule has 4 nitrogen and oxygen atoms in total. The molecule has 0 spiro atoms. The summed E-state index contributed by atoms with van der Waals surface area (Å²) in [5, 5.41) is 6.78. The molecule has 4 rings (SSSR count). The van der Waals surface area contributed by atoms with Crippen molar-refractivity contribution < 1.29 is 9.53 Å². The van der Waals surface area contributed by atoms with Gasteiger partial charge in [0.2, 0.25) is 0 Å². The first-order valence-corrected chi connectivity index (χ1v) is 9.05. The van der Waals surface area contributed by atoms with Crippen LogP contribution in [0.3, 0.4) is 0 Å². The summed E-state index contributed by atoms with van der Waals surface area (Å²) in [6.45, 7) is 2.51. The topological polar surface area (TPSA) is 50.4 Å². The molecule has 4 heteroatoms.